The Morgan fingerprint density at radius 3 is 2.54 bits per heavy atom. The van der Waals surface area contributed by atoms with Gasteiger partial charge in [0, 0.05) is 5.54 Å². The van der Waals surface area contributed by atoms with Crippen LogP contribution in [0.25, 0.3) is 0 Å². The third-order valence-electron chi connectivity index (χ3n) is 2.74. The molecule has 0 saturated heterocycles. The highest BCUT2D eigenvalue weighted by Crippen LogP contribution is 2.39. The maximum atomic E-state index is 12.8. The van der Waals surface area contributed by atoms with Crippen LogP contribution in [0.2, 0.25) is 5.02 Å². The number of hydrogen-bond acceptors (Lipinski definition) is 1. The summed E-state index contributed by atoms with van der Waals surface area (Å²) in [4.78, 5) is 0. The molecule has 13 heavy (non-hydrogen) atoms. The fourth-order valence-electron chi connectivity index (χ4n) is 1.65. The van der Waals surface area contributed by atoms with E-state index in [4.69, 9.17) is 17.3 Å². The van der Waals surface area contributed by atoms with E-state index in [1.165, 1.54) is 6.07 Å². The van der Waals surface area contributed by atoms with Crippen molar-refractivity contribution in [3.05, 3.63) is 34.6 Å². The van der Waals surface area contributed by atoms with Gasteiger partial charge in [-0.15, -0.1) is 0 Å². The van der Waals surface area contributed by atoms with E-state index in [2.05, 4.69) is 0 Å². The smallest absolute Gasteiger partial charge is 0.141 e. The highest BCUT2D eigenvalue weighted by atomic mass is 35.5. The Morgan fingerprint density at radius 2 is 2.08 bits per heavy atom. The van der Waals surface area contributed by atoms with Crippen molar-refractivity contribution < 1.29 is 4.39 Å². The summed E-state index contributed by atoms with van der Waals surface area (Å²) in [5.74, 6) is -0.381. The van der Waals surface area contributed by atoms with E-state index in [0.29, 0.717) is 0 Å². The number of nitrogens with two attached hydrogens (primary N) is 1. The summed E-state index contributed by atoms with van der Waals surface area (Å²) in [5, 5.41) is 0.161. The molecule has 1 fully saturated rings. The zero-order chi connectivity index (χ0) is 9.47. The number of rotatable bonds is 1. The molecule has 1 aliphatic rings. The van der Waals surface area contributed by atoms with E-state index in [0.717, 1.165) is 24.8 Å². The van der Waals surface area contributed by atoms with E-state index in [1.54, 1.807) is 12.1 Å². The number of hydrogen-bond donors (Lipinski definition) is 1. The van der Waals surface area contributed by atoms with Gasteiger partial charge in [0.05, 0.1) is 5.02 Å². The standard InChI is InChI=1S/C10H11ClFN/c11-8-6-7(2-3-9(8)12)10(13)4-1-5-10/h2-3,6H,1,4-5,13H2. The highest BCUT2D eigenvalue weighted by Gasteiger charge is 2.34. The molecule has 1 aromatic rings. The normalized spacial score (nSPS) is 19.6. The molecule has 0 atom stereocenters. The average Bonchev–Trinajstić information content (AvgIpc) is 2.06. The van der Waals surface area contributed by atoms with E-state index in [-0.39, 0.29) is 16.4 Å². The minimum absolute atomic E-state index is 0.161. The first kappa shape index (κ1) is 8.97. The Balaban J connectivity index is 2.36. The van der Waals surface area contributed by atoms with E-state index < -0.39 is 0 Å². The Hall–Kier alpha value is -0.600. The van der Waals surface area contributed by atoms with Gasteiger partial charge >= 0.3 is 0 Å². The van der Waals surface area contributed by atoms with Crippen molar-refractivity contribution in [2.24, 2.45) is 5.73 Å². The molecule has 0 aliphatic heterocycles. The lowest BCUT2D eigenvalue weighted by molar-refractivity contribution is 0.253. The maximum absolute atomic E-state index is 12.8. The monoisotopic (exact) mass is 199 g/mol. The van der Waals surface area contributed by atoms with Gasteiger partial charge < -0.3 is 5.73 Å². The molecule has 1 saturated carbocycles. The number of halogens is 2. The highest BCUT2D eigenvalue weighted by molar-refractivity contribution is 6.30. The van der Waals surface area contributed by atoms with Gasteiger partial charge in [-0.05, 0) is 37.0 Å². The second-order valence-electron chi connectivity index (χ2n) is 3.64. The summed E-state index contributed by atoms with van der Waals surface area (Å²) in [6.45, 7) is 0. The summed E-state index contributed by atoms with van der Waals surface area (Å²) < 4.78 is 12.8. The third-order valence-corrected chi connectivity index (χ3v) is 3.03. The second-order valence-corrected chi connectivity index (χ2v) is 4.05. The Morgan fingerprint density at radius 1 is 1.38 bits per heavy atom. The lowest BCUT2D eigenvalue weighted by Crippen LogP contribution is -2.43. The molecule has 0 spiro atoms. The first-order valence-electron chi connectivity index (χ1n) is 4.36. The van der Waals surface area contributed by atoms with E-state index in [1.807, 2.05) is 0 Å². The maximum Gasteiger partial charge on any atom is 0.141 e. The van der Waals surface area contributed by atoms with Gasteiger partial charge in [-0.25, -0.2) is 4.39 Å². The quantitative estimate of drug-likeness (QED) is 0.740. The molecule has 3 heteroatoms. The summed E-state index contributed by atoms with van der Waals surface area (Å²) in [6, 6.07) is 4.74. The third kappa shape index (κ3) is 1.45. The second kappa shape index (κ2) is 2.96. The lowest BCUT2D eigenvalue weighted by Gasteiger charge is -2.38. The van der Waals surface area contributed by atoms with Crippen molar-refractivity contribution in [3.8, 4) is 0 Å². The lowest BCUT2D eigenvalue weighted by atomic mass is 9.73. The fraction of sp³-hybridized carbons (Fsp3) is 0.400. The Kier molecular flexibility index (Phi) is 2.05. The van der Waals surface area contributed by atoms with Gasteiger partial charge in [0.15, 0.2) is 0 Å². The van der Waals surface area contributed by atoms with Crippen LogP contribution in [0.1, 0.15) is 24.8 Å². The van der Waals surface area contributed by atoms with Crippen molar-refractivity contribution in [1.29, 1.82) is 0 Å². The molecule has 70 valence electrons. The minimum Gasteiger partial charge on any atom is -0.321 e. The molecule has 1 aromatic carbocycles. The van der Waals surface area contributed by atoms with E-state index >= 15 is 0 Å². The van der Waals surface area contributed by atoms with Crippen LogP contribution in [0.3, 0.4) is 0 Å². The largest absolute Gasteiger partial charge is 0.321 e. The first-order valence-corrected chi connectivity index (χ1v) is 4.74. The van der Waals surface area contributed by atoms with Gasteiger partial charge in [-0.1, -0.05) is 17.7 Å². The van der Waals surface area contributed by atoms with Crippen LogP contribution in [-0.2, 0) is 5.54 Å². The zero-order valence-electron chi connectivity index (χ0n) is 7.19. The summed E-state index contributed by atoms with van der Waals surface area (Å²) in [5.41, 5.74) is 6.76. The van der Waals surface area contributed by atoms with Crippen LogP contribution in [-0.4, -0.2) is 0 Å². The molecular formula is C10H11ClFN. The molecule has 0 amide bonds. The first-order chi connectivity index (χ1) is 6.12. The van der Waals surface area contributed by atoms with Gasteiger partial charge in [-0.3, -0.25) is 0 Å². The molecule has 1 aliphatic carbocycles. The zero-order valence-corrected chi connectivity index (χ0v) is 7.94. The summed E-state index contributed by atoms with van der Waals surface area (Å²) in [6.07, 6.45) is 3.08. The van der Waals surface area contributed by atoms with Gasteiger partial charge in [0.1, 0.15) is 5.82 Å². The predicted molar refractivity (Wildman–Crippen MR) is 51.1 cm³/mol. The van der Waals surface area contributed by atoms with E-state index in [9.17, 15) is 4.39 Å². The molecule has 0 aromatic heterocycles. The van der Waals surface area contributed by atoms with Gasteiger partial charge in [-0.2, -0.15) is 0 Å². The number of benzene rings is 1. The van der Waals surface area contributed by atoms with Gasteiger partial charge in [0.25, 0.3) is 0 Å². The van der Waals surface area contributed by atoms with Crippen LogP contribution in [0, 0.1) is 5.82 Å². The predicted octanol–water partition coefficient (Wildman–Crippen LogP) is 2.82. The van der Waals surface area contributed by atoms with Crippen LogP contribution in [0.15, 0.2) is 18.2 Å². The summed E-state index contributed by atoms with van der Waals surface area (Å²) >= 11 is 5.67. The molecule has 0 heterocycles. The van der Waals surface area contributed by atoms with Crippen LogP contribution < -0.4 is 5.73 Å². The van der Waals surface area contributed by atoms with Crippen LogP contribution in [0.4, 0.5) is 4.39 Å². The van der Waals surface area contributed by atoms with Crippen molar-refractivity contribution in [1.82, 2.24) is 0 Å². The Labute approximate surface area is 81.7 Å². The molecule has 2 rings (SSSR count). The average molecular weight is 200 g/mol. The molecule has 0 radical (unpaired) electrons. The molecule has 0 bridgehead atoms. The molecular weight excluding hydrogens is 189 g/mol. The van der Waals surface area contributed by atoms with Crippen LogP contribution in [0.5, 0.6) is 0 Å². The fourth-order valence-corrected chi connectivity index (χ4v) is 1.83. The van der Waals surface area contributed by atoms with Crippen molar-refractivity contribution in [2.45, 2.75) is 24.8 Å². The Bertz CT molecular complexity index is 334. The van der Waals surface area contributed by atoms with Crippen molar-refractivity contribution in [3.63, 3.8) is 0 Å². The molecule has 1 nitrogen and oxygen atoms in total. The minimum atomic E-state index is -0.381. The van der Waals surface area contributed by atoms with Crippen LogP contribution >= 0.6 is 11.6 Å². The molecule has 0 unspecified atom stereocenters. The van der Waals surface area contributed by atoms with Crippen molar-refractivity contribution >= 4 is 11.6 Å². The molecule has 2 N–H and O–H groups in total. The van der Waals surface area contributed by atoms with Crippen molar-refractivity contribution in [2.75, 3.05) is 0 Å². The topological polar surface area (TPSA) is 26.0 Å². The van der Waals surface area contributed by atoms with Gasteiger partial charge in [0.2, 0.25) is 0 Å². The SMILES string of the molecule is NC1(c2ccc(F)c(Cl)c2)CCC1. The summed E-state index contributed by atoms with van der Waals surface area (Å²) in [7, 11) is 0.